The number of ketones is 2. The monoisotopic (exact) mass is 1100 g/mol. The summed E-state index contributed by atoms with van der Waals surface area (Å²) in [6, 6.07) is 57.9. The predicted molar refractivity (Wildman–Crippen MR) is 317 cm³/mol. The second-order valence-corrected chi connectivity index (χ2v) is 20.2. The molecule has 16 heteroatoms. The molecule has 6 aromatic carbocycles. The molecule has 0 spiro atoms. The second-order valence-electron chi connectivity index (χ2n) is 20.2. The molecule has 0 atom stereocenters. The molecule has 5 amide bonds. The molecule has 81 heavy (non-hydrogen) atoms. The molecule has 0 fully saturated rings. The summed E-state index contributed by atoms with van der Waals surface area (Å²) in [6.45, 7) is 0.445. The van der Waals surface area contributed by atoms with Gasteiger partial charge in [-0.2, -0.15) is 0 Å². The summed E-state index contributed by atoms with van der Waals surface area (Å²) in [5.41, 5.74) is 23.3. The van der Waals surface area contributed by atoms with Gasteiger partial charge >= 0.3 is 0 Å². The van der Waals surface area contributed by atoms with E-state index in [1.54, 1.807) is 0 Å². The third kappa shape index (κ3) is 19.6. The Balaban J connectivity index is 1.34. The molecule has 426 valence electrons. The lowest BCUT2D eigenvalue weighted by Crippen LogP contribution is -2.53. The van der Waals surface area contributed by atoms with Crippen molar-refractivity contribution in [2.24, 2.45) is 17.2 Å². The molecule has 16 nitrogen and oxygen atoms in total. The van der Waals surface area contributed by atoms with Crippen molar-refractivity contribution in [3.8, 4) is 0 Å². The first-order valence-corrected chi connectivity index (χ1v) is 27.9. The van der Waals surface area contributed by atoms with Crippen molar-refractivity contribution in [3.05, 3.63) is 215 Å². The van der Waals surface area contributed by atoms with Gasteiger partial charge in [0.25, 0.3) is 0 Å². The van der Waals surface area contributed by atoms with Crippen molar-refractivity contribution < 1.29 is 33.6 Å². The van der Waals surface area contributed by atoms with Crippen molar-refractivity contribution in [1.82, 2.24) is 29.8 Å². The van der Waals surface area contributed by atoms with Crippen LogP contribution in [0.5, 0.6) is 0 Å². The summed E-state index contributed by atoms with van der Waals surface area (Å²) in [6.07, 6.45) is 1.30. The highest BCUT2D eigenvalue weighted by Crippen LogP contribution is 2.29. The van der Waals surface area contributed by atoms with Crippen LogP contribution in [0, 0.1) is 0 Å². The Labute approximate surface area is 477 Å². The Kier molecular flexibility index (Phi) is 25.6. The van der Waals surface area contributed by atoms with Crippen molar-refractivity contribution in [2.75, 3.05) is 98.2 Å². The standard InChI is InChI=1S/C65H79N9O7/c1-50(75)60(76)45-72(42-57(51-23-8-2-9-24-51)52-25-10-3-11-26-52)64(80)46-70(39-21-36-67)63(79)49-74(44-59(55-31-16-6-17-32-55)56-33-18-7-19-34-56)65(81)47-71(40-22-37-68)62(78)48-73(61(77)41-69-38-20-35-66)43-58(53-27-12-4-13-28-53)54-29-14-5-15-30-54/h2-19,23-34,57-59,69H,20-22,35-49,66-68H2,1H3. The number of hydrogen-bond acceptors (Lipinski definition) is 11. The maximum absolute atomic E-state index is 15.3. The smallest absolute Gasteiger partial charge is 0.242 e. The Morgan fingerprint density at radius 2 is 0.617 bits per heavy atom. The van der Waals surface area contributed by atoms with Gasteiger partial charge in [0.15, 0.2) is 5.78 Å². The number of nitrogens with one attached hydrogen (secondary N) is 1. The van der Waals surface area contributed by atoms with Gasteiger partial charge in [-0.25, -0.2) is 0 Å². The van der Waals surface area contributed by atoms with Crippen molar-refractivity contribution in [1.29, 1.82) is 0 Å². The lowest BCUT2D eigenvalue weighted by atomic mass is 9.90. The zero-order chi connectivity index (χ0) is 57.8. The van der Waals surface area contributed by atoms with Gasteiger partial charge < -0.3 is 47.0 Å². The Bertz CT molecular complexity index is 2770. The topological polar surface area (TPSA) is 226 Å². The minimum absolute atomic E-state index is 0.000175. The van der Waals surface area contributed by atoms with Gasteiger partial charge in [0.1, 0.15) is 0 Å². The van der Waals surface area contributed by atoms with E-state index in [1.165, 1.54) is 24.5 Å². The van der Waals surface area contributed by atoms with Gasteiger partial charge in [-0.15, -0.1) is 0 Å². The number of carbonyl (C=O) groups excluding carboxylic acids is 7. The first kappa shape index (κ1) is 62.1. The zero-order valence-electron chi connectivity index (χ0n) is 46.6. The van der Waals surface area contributed by atoms with Gasteiger partial charge in [0.2, 0.25) is 35.3 Å². The number of hydrogen-bond donors (Lipinski definition) is 4. The highest BCUT2D eigenvalue weighted by Gasteiger charge is 2.33. The van der Waals surface area contributed by atoms with Crippen LogP contribution in [0.2, 0.25) is 0 Å². The number of nitrogens with two attached hydrogens (primary N) is 3. The number of nitrogens with zero attached hydrogens (tertiary/aromatic N) is 5. The van der Waals surface area contributed by atoms with E-state index < -0.39 is 73.2 Å². The quantitative estimate of drug-likeness (QED) is 0.0295. The summed E-state index contributed by atoms with van der Waals surface area (Å²) in [4.78, 5) is 107. The predicted octanol–water partition coefficient (Wildman–Crippen LogP) is 5.42. The number of rotatable bonds is 34. The van der Waals surface area contributed by atoms with Crippen LogP contribution in [0.1, 0.15) is 77.3 Å². The molecule has 0 aliphatic heterocycles. The van der Waals surface area contributed by atoms with Crippen LogP contribution in [0.3, 0.4) is 0 Å². The fraction of sp³-hybridized carbons (Fsp3) is 0.338. The van der Waals surface area contributed by atoms with E-state index in [-0.39, 0.29) is 70.7 Å². The van der Waals surface area contributed by atoms with Gasteiger partial charge in [0, 0.05) is 57.4 Å². The van der Waals surface area contributed by atoms with Gasteiger partial charge in [0.05, 0.1) is 39.3 Å². The summed E-state index contributed by atoms with van der Waals surface area (Å²) < 4.78 is 0. The lowest BCUT2D eigenvalue weighted by molar-refractivity contribution is -0.147. The third-order valence-electron chi connectivity index (χ3n) is 14.3. The summed E-state index contributed by atoms with van der Waals surface area (Å²) in [5, 5.41) is 3.17. The molecule has 6 rings (SSSR count). The molecule has 0 heterocycles. The largest absolute Gasteiger partial charge is 0.332 e. The summed E-state index contributed by atoms with van der Waals surface area (Å²) in [5.74, 6) is -5.11. The maximum atomic E-state index is 15.3. The molecule has 0 unspecified atom stereocenters. The summed E-state index contributed by atoms with van der Waals surface area (Å²) in [7, 11) is 0. The third-order valence-corrected chi connectivity index (χ3v) is 14.3. The first-order valence-electron chi connectivity index (χ1n) is 27.9. The minimum atomic E-state index is -0.764. The Hall–Kier alpha value is -8.15. The lowest BCUT2D eigenvalue weighted by Gasteiger charge is -2.34. The molecule has 0 aliphatic rings. The Morgan fingerprint density at radius 1 is 0.358 bits per heavy atom. The fourth-order valence-electron chi connectivity index (χ4n) is 9.77. The SMILES string of the molecule is CC(=O)C(=O)CN(CC(c1ccccc1)c1ccccc1)C(=O)CN(CCCN)C(=O)CN(CC(c1ccccc1)c1ccccc1)C(=O)CN(CCCN)C(=O)CN(CC(c1ccccc1)c1ccccc1)C(=O)CNCCCN. The number of benzene rings is 6. The van der Waals surface area contributed by atoms with Gasteiger partial charge in [-0.05, 0) is 78.8 Å². The molecule has 0 bridgehead atoms. The normalized spacial score (nSPS) is 11.1. The first-order chi connectivity index (χ1) is 39.4. The highest BCUT2D eigenvalue weighted by atomic mass is 16.2. The van der Waals surface area contributed by atoms with E-state index in [0.29, 0.717) is 32.4 Å². The molecule has 7 N–H and O–H groups in total. The molecule has 0 aromatic heterocycles. The van der Waals surface area contributed by atoms with E-state index in [2.05, 4.69) is 5.32 Å². The average Bonchev–Trinajstić information content (AvgIpc) is 3.51. The fourth-order valence-corrected chi connectivity index (χ4v) is 9.77. The van der Waals surface area contributed by atoms with Crippen LogP contribution in [-0.4, -0.2) is 164 Å². The Morgan fingerprint density at radius 3 is 0.901 bits per heavy atom. The van der Waals surface area contributed by atoms with Crippen LogP contribution in [0.25, 0.3) is 0 Å². The van der Waals surface area contributed by atoms with Crippen LogP contribution in [0.15, 0.2) is 182 Å². The van der Waals surface area contributed by atoms with Crippen LogP contribution in [0.4, 0.5) is 0 Å². The van der Waals surface area contributed by atoms with E-state index in [0.717, 1.165) is 40.3 Å². The molecular formula is C65H79N9O7. The van der Waals surface area contributed by atoms with Crippen LogP contribution in [-0.2, 0) is 33.6 Å². The van der Waals surface area contributed by atoms with Crippen molar-refractivity contribution in [2.45, 2.75) is 43.9 Å². The minimum Gasteiger partial charge on any atom is -0.332 e. The molecule has 0 aliphatic carbocycles. The number of amides is 5. The number of Topliss-reactive ketones (excluding diaryl/α,β-unsaturated/α-hetero) is 2. The molecular weight excluding hydrogens is 1020 g/mol. The molecule has 0 radical (unpaired) electrons. The zero-order valence-corrected chi connectivity index (χ0v) is 46.6. The molecule has 6 aromatic rings. The van der Waals surface area contributed by atoms with Crippen LogP contribution >= 0.6 is 0 Å². The van der Waals surface area contributed by atoms with E-state index in [4.69, 9.17) is 17.2 Å². The second kappa shape index (κ2) is 33.4. The summed E-state index contributed by atoms with van der Waals surface area (Å²) >= 11 is 0. The van der Waals surface area contributed by atoms with Gasteiger partial charge in [-0.1, -0.05) is 182 Å². The van der Waals surface area contributed by atoms with Crippen molar-refractivity contribution >= 4 is 41.1 Å². The van der Waals surface area contributed by atoms with Crippen LogP contribution < -0.4 is 22.5 Å². The average molecular weight is 1100 g/mol. The number of carbonyl (C=O) groups is 7. The van der Waals surface area contributed by atoms with E-state index in [9.17, 15) is 24.0 Å². The molecule has 0 saturated heterocycles. The van der Waals surface area contributed by atoms with Gasteiger partial charge in [-0.3, -0.25) is 33.6 Å². The highest BCUT2D eigenvalue weighted by molar-refractivity contribution is 6.37. The van der Waals surface area contributed by atoms with Crippen molar-refractivity contribution in [3.63, 3.8) is 0 Å². The van der Waals surface area contributed by atoms with E-state index in [1.807, 2.05) is 182 Å². The maximum Gasteiger partial charge on any atom is 0.242 e. The van der Waals surface area contributed by atoms with E-state index >= 15 is 9.59 Å². The molecule has 0 saturated carbocycles.